The van der Waals surface area contributed by atoms with Crippen molar-refractivity contribution in [2.45, 2.75) is 11.8 Å². The van der Waals surface area contributed by atoms with Crippen LogP contribution in [0.25, 0.3) is 0 Å². The lowest BCUT2D eigenvalue weighted by Crippen LogP contribution is -2.31. The third-order valence-electron chi connectivity index (χ3n) is 4.61. The molecule has 0 fully saturated rings. The molecule has 0 aliphatic rings. The molecular weight excluding hydrogens is 490 g/mol. The maximum absolute atomic E-state index is 13.1. The number of halogens is 1. The molecule has 0 aromatic heterocycles. The van der Waals surface area contributed by atoms with Gasteiger partial charge in [0.15, 0.2) is 0 Å². The summed E-state index contributed by atoms with van der Waals surface area (Å²) in [6.07, 6.45) is 1.51. The van der Waals surface area contributed by atoms with Gasteiger partial charge in [0.1, 0.15) is 0 Å². The number of anilines is 1. The molecule has 0 atom stereocenters. The SMILES string of the molecule is C=CCN(c1ccc(C(=O)N/N=C(/C)c2cccc(Br)c2)cc1)S(=O)(=O)c1ccccc1. The number of hydrogen-bond acceptors (Lipinski definition) is 4. The number of carbonyl (C=O) groups is 1. The Morgan fingerprint density at radius 1 is 1.03 bits per heavy atom. The molecule has 164 valence electrons. The van der Waals surface area contributed by atoms with Crippen LogP contribution in [0.1, 0.15) is 22.8 Å². The highest BCUT2D eigenvalue weighted by atomic mass is 79.9. The van der Waals surface area contributed by atoms with E-state index in [1.807, 2.05) is 24.3 Å². The van der Waals surface area contributed by atoms with Gasteiger partial charge in [-0.2, -0.15) is 5.10 Å². The molecule has 3 rings (SSSR count). The second-order valence-corrected chi connectivity index (χ2v) is 9.61. The monoisotopic (exact) mass is 511 g/mol. The minimum atomic E-state index is -3.77. The zero-order valence-electron chi connectivity index (χ0n) is 17.4. The third kappa shape index (κ3) is 5.52. The quantitative estimate of drug-likeness (QED) is 0.263. The number of rotatable bonds is 8. The minimum absolute atomic E-state index is 0.0961. The van der Waals surface area contributed by atoms with E-state index in [1.54, 1.807) is 61.5 Å². The van der Waals surface area contributed by atoms with Crippen LogP contribution in [0.3, 0.4) is 0 Å². The number of hydrazone groups is 1. The smallest absolute Gasteiger partial charge is 0.267 e. The fourth-order valence-electron chi connectivity index (χ4n) is 2.94. The van der Waals surface area contributed by atoms with Crippen LogP contribution in [0.15, 0.2) is 106 Å². The second-order valence-electron chi connectivity index (χ2n) is 6.83. The Bertz CT molecular complexity index is 1240. The van der Waals surface area contributed by atoms with Crippen molar-refractivity contribution in [1.82, 2.24) is 5.43 Å². The van der Waals surface area contributed by atoms with Gasteiger partial charge in [-0.05, 0) is 61.0 Å². The fraction of sp³-hybridized carbons (Fsp3) is 0.0833. The molecule has 0 saturated heterocycles. The second kappa shape index (κ2) is 10.4. The summed E-state index contributed by atoms with van der Waals surface area (Å²) >= 11 is 3.41. The summed E-state index contributed by atoms with van der Waals surface area (Å²) in [6, 6.07) is 22.1. The number of nitrogens with zero attached hydrogens (tertiary/aromatic N) is 2. The first kappa shape index (κ1) is 23.4. The van der Waals surface area contributed by atoms with Gasteiger partial charge in [-0.15, -0.1) is 6.58 Å². The molecule has 0 heterocycles. The lowest BCUT2D eigenvalue weighted by molar-refractivity contribution is 0.0955. The molecule has 0 spiro atoms. The highest BCUT2D eigenvalue weighted by Crippen LogP contribution is 2.24. The number of sulfonamides is 1. The van der Waals surface area contributed by atoms with Gasteiger partial charge in [-0.1, -0.05) is 52.3 Å². The summed E-state index contributed by atoms with van der Waals surface area (Å²) in [5.74, 6) is -0.396. The standard InChI is InChI=1S/C24H22BrN3O3S/c1-3-16-28(32(30,31)23-10-5-4-6-11-23)22-14-12-19(13-15-22)24(29)27-26-18(2)20-8-7-9-21(25)17-20/h3-15,17H,1,16H2,2H3,(H,27,29)/b26-18-. The molecule has 32 heavy (non-hydrogen) atoms. The molecular formula is C24H22BrN3O3S. The first-order valence-corrected chi connectivity index (χ1v) is 12.0. The molecule has 1 N–H and O–H groups in total. The number of benzene rings is 3. The molecule has 1 amide bonds. The molecule has 0 radical (unpaired) electrons. The fourth-order valence-corrected chi connectivity index (χ4v) is 4.79. The van der Waals surface area contributed by atoms with Gasteiger partial charge < -0.3 is 0 Å². The first-order valence-electron chi connectivity index (χ1n) is 9.72. The Kier molecular flexibility index (Phi) is 7.61. The molecule has 0 aliphatic heterocycles. The van der Waals surface area contributed by atoms with E-state index >= 15 is 0 Å². The average molecular weight is 512 g/mol. The highest BCUT2D eigenvalue weighted by Gasteiger charge is 2.23. The van der Waals surface area contributed by atoms with Gasteiger partial charge in [0.25, 0.3) is 15.9 Å². The van der Waals surface area contributed by atoms with Crippen molar-refractivity contribution in [2.24, 2.45) is 5.10 Å². The lowest BCUT2D eigenvalue weighted by Gasteiger charge is -2.23. The Morgan fingerprint density at radius 2 is 1.72 bits per heavy atom. The van der Waals surface area contributed by atoms with Crippen LogP contribution in [0.5, 0.6) is 0 Å². The van der Waals surface area contributed by atoms with Crippen molar-refractivity contribution in [2.75, 3.05) is 10.8 Å². The van der Waals surface area contributed by atoms with Crippen LogP contribution >= 0.6 is 15.9 Å². The topological polar surface area (TPSA) is 78.8 Å². The molecule has 0 bridgehead atoms. The van der Waals surface area contributed by atoms with Crippen LogP contribution in [-0.4, -0.2) is 26.6 Å². The predicted octanol–water partition coefficient (Wildman–Crippen LogP) is 4.98. The van der Waals surface area contributed by atoms with Gasteiger partial charge in [-0.3, -0.25) is 9.10 Å². The first-order chi connectivity index (χ1) is 15.3. The molecule has 3 aromatic carbocycles. The van der Waals surface area contributed by atoms with Crippen LogP contribution in [0.2, 0.25) is 0 Å². The van der Waals surface area contributed by atoms with Crippen LogP contribution in [0, 0.1) is 0 Å². The molecule has 0 unspecified atom stereocenters. The maximum atomic E-state index is 13.1. The summed E-state index contributed by atoms with van der Waals surface area (Å²) in [5.41, 5.74) is 4.85. The van der Waals surface area contributed by atoms with Crippen molar-refractivity contribution in [1.29, 1.82) is 0 Å². The van der Waals surface area contributed by atoms with Crippen molar-refractivity contribution in [3.05, 3.63) is 107 Å². The maximum Gasteiger partial charge on any atom is 0.271 e. The van der Waals surface area contributed by atoms with Crippen LogP contribution in [-0.2, 0) is 10.0 Å². The van der Waals surface area contributed by atoms with Crippen molar-refractivity contribution in [3.8, 4) is 0 Å². The van der Waals surface area contributed by atoms with Crippen molar-refractivity contribution >= 4 is 43.3 Å². The van der Waals surface area contributed by atoms with E-state index in [0.717, 1.165) is 10.0 Å². The molecule has 0 aliphatic carbocycles. The van der Waals surface area contributed by atoms with Crippen LogP contribution in [0.4, 0.5) is 5.69 Å². The Hall–Kier alpha value is -3.23. The molecule has 8 heteroatoms. The average Bonchev–Trinajstić information content (AvgIpc) is 2.81. The van der Waals surface area contributed by atoms with Gasteiger partial charge in [-0.25, -0.2) is 13.8 Å². The van der Waals surface area contributed by atoms with Gasteiger partial charge in [0.05, 0.1) is 22.8 Å². The number of carbonyl (C=O) groups excluding carboxylic acids is 1. The third-order valence-corrected chi connectivity index (χ3v) is 6.91. The Balaban J connectivity index is 1.78. The Morgan fingerprint density at radius 3 is 2.34 bits per heavy atom. The van der Waals surface area contributed by atoms with Crippen molar-refractivity contribution in [3.63, 3.8) is 0 Å². The molecule has 6 nitrogen and oxygen atoms in total. The Labute approximate surface area is 196 Å². The largest absolute Gasteiger partial charge is 0.271 e. The summed E-state index contributed by atoms with van der Waals surface area (Å²) in [7, 11) is -3.77. The van der Waals surface area contributed by atoms with E-state index in [1.165, 1.54) is 10.4 Å². The van der Waals surface area contributed by atoms with E-state index in [-0.39, 0.29) is 11.4 Å². The summed E-state index contributed by atoms with van der Waals surface area (Å²) in [5, 5.41) is 4.15. The number of nitrogens with one attached hydrogen (secondary N) is 1. The van der Waals surface area contributed by atoms with E-state index in [9.17, 15) is 13.2 Å². The summed E-state index contributed by atoms with van der Waals surface area (Å²) in [4.78, 5) is 12.7. The van der Waals surface area contributed by atoms with Gasteiger partial charge in [0.2, 0.25) is 0 Å². The number of amides is 1. The van der Waals surface area contributed by atoms with E-state index in [2.05, 4.69) is 33.0 Å². The highest BCUT2D eigenvalue weighted by molar-refractivity contribution is 9.10. The zero-order valence-corrected chi connectivity index (χ0v) is 19.8. The van der Waals surface area contributed by atoms with Crippen LogP contribution < -0.4 is 9.73 Å². The molecule has 3 aromatic rings. The van der Waals surface area contributed by atoms with E-state index in [0.29, 0.717) is 17.0 Å². The van der Waals surface area contributed by atoms with E-state index in [4.69, 9.17) is 0 Å². The van der Waals surface area contributed by atoms with Gasteiger partial charge in [0, 0.05) is 10.0 Å². The van der Waals surface area contributed by atoms with Gasteiger partial charge >= 0.3 is 0 Å². The van der Waals surface area contributed by atoms with E-state index < -0.39 is 15.9 Å². The predicted molar refractivity (Wildman–Crippen MR) is 131 cm³/mol. The minimum Gasteiger partial charge on any atom is -0.267 e. The normalized spacial score (nSPS) is 11.6. The lowest BCUT2D eigenvalue weighted by atomic mass is 10.1. The summed E-state index contributed by atoms with van der Waals surface area (Å²) in [6.45, 7) is 5.56. The zero-order chi connectivity index (χ0) is 23.1. The summed E-state index contributed by atoms with van der Waals surface area (Å²) < 4.78 is 28.3. The van der Waals surface area contributed by atoms with Crippen molar-refractivity contribution < 1.29 is 13.2 Å². The number of hydrogen-bond donors (Lipinski definition) is 1. The molecule has 0 saturated carbocycles.